The number of likely N-dealkylation sites (tertiary alicyclic amines) is 1. The SMILES string of the molecule is Cc1ccc(C(=O)N2CCC(C(=O)O)CC2)cc1N. The maximum atomic E-state index is 12.3. The zero-order valence-electron chi connectivity index (χ0n) is 10.9. The van der Waals surface area contributed by atoms with Crippen LogP contribution in [0.15, 0.2) is 18.2 Å². The van der Waals surface area contributed by atoms with E-state index in [0.29, 0.717) is 37.2 Å². The van der Waals surface area contributed by atoms with Gasteiger partial charge in [0.2, 0.25) is 0 Å². The average molecular weight is 262 g/mol. The van der Waals surface area contributed by atoms with Crippen molar-refractivity contribution in [2.24, 2.45) is 5.92 Å². The Morgan fingerprint density at radius 1 is 1.32 bits per heavy atom. The van der Waals surface area contributed by atoms with Crippen LogP contribution in [0.3, 0.4) is 0 Å². The fourth-order valence-corrected chi connectivity index (χ4v) is 2.29. The Morgan fingerprint density at radius 2 is 1.95 bits per heavy atom. The summed E-state index contributed by atoms with van der Waals surface area (Å²) in [5.74, 6) is -1.17. The number of carbonyl (C=O) groups excluding carboxylic acids is 1. The number of nitrogens with zero attached hydrogens (tertiary/aromatic N) is 1. The second kappa shape index (κ2) is 5.30. The number of amides is 1. The first kappa shape index (κ1) is 13.4. The summed E-state index contributed by atoms with van der Waals surface area (Å²) >= 11 is 0. The first-order chi connectivity index (χ1) is 8.99. The molecule has 1 amide bonds. The molecule has 0 spiro atoms. The summed E-state index contributed by atoms with van der Waals surface area (Å²) in [6.07, 6.45) is 1.03. The van der Waals surface area contributed by atoms with Crippen molar-refractivity contribution in [1.29, 1.82) is 0 Å². The standard InChI is InChI=1S/C14H18N2O3/c1-9-2-3-11(8-12(9)15)13(17)16-6-4-10(5-7-16)14(18)19/h2-3,8,10H,4-7,15H2,1H3,(H,18,19). The van der Waals surface area contributed by atoms with Crippen molar-refractivity contribution in [3.63, 3.8) is 0 Å². The molecule has 1 heterocycles. The molecule has 1 aromatic carbocycles. The zero-order chi connectivity index (χ0) is 14.0. The lowest BCUT2D eigenvalue weighted by Crippen LogP contribution is -2.40. The summed E-state index contributed by atoms with van der Waals surface area (Å²) in [5, 5.41) is 8.93. The first-order valence-electron chi connectivity index (χ1n) is 6.37. The minimum Gasteiger partial charge on any atom is -0.481 e. The smallest absolute Gasteiger partial charge is 0.306 e. The van der Waals surface area contributed by atoms with E-state index < -0.39 is 5.97 Å². The highest BCUT2D eigenvalue weighted by Crippen LogP contribution is 2.20. The van der Waals surface area contributed by atoms with Crippen LogP contribution in [-0.2, 0) is 4.79 Å². The quantitative estimate of drug-likeness (QED) is 0.791. The highest BCUT2D eigenvalue weighted by molar-refractivity contribution is 5.95. The van der Waals surface area contributed by atoms with E-state index >= 15 is 0 Å². The van der Waals surface area contributed by atoms with Gasteiger partial charge in [-0.05, 0) is 37.5 Å². The van der Waals surface area contributed by atoms with Crippen molar-refractivity contribution >= 4 is 17.6 Å². The molecule has 102 valence electrons. The van der Waals surface area contributed by atoms with E-state index in [1.54, 1.807) is 17.0 Å². The van der Waals surface area contributed by atoms with Gasteiger partial charge in [-0.2, -0.15) is 0 Å². The third-order valence-electron chi connectivity index (χ3n) is 3.66. The molecule has 5 heteroatoms. The second-order valence-electron chi connectivity index (χ2n) is 4.98. The van der Waals surface area contributed by atoms with Gasteiger partial charge in [-0.15, -0.1) is 0 Å². The molecule has 1 fully saturated rings. The number of carbonyl (C=O) groups is 2. The second-order valence-corrected chi connectivity index (χ2v) is 4.98. The normalized spacial score (nSPS) is 16.4. The molecule has 0 aliphatic carbocycles. The molecule has 2 rings (SSSR count). The lowest BCUT2D eigenvalue weighted by molar-refractivity contribution is -0.143. The van der Waals surface area contributed by atoms with E-state index in [9.17, 15) is 9.59 Å². The van der Waals surface area contributed by atoms with Crippen molar-refractivity contribution in [3.8, 4) is 0 Å². The van der Waals surface area contributed by atoms with Crippen LogP contribution >= 0.6 is 0 Å². The number of nitrogen functional groups attached to an aromatic ring is 1. The molecule has 1 aliphatic rings. The average Bonchev–Trinajstić information content (AvgIpc) is 2.41. The van der Waals surface area contributed by atoms with E-state index in [-0.39, 0.29) is 11.8 Å². The number of hydrogen-bond donors (Lipinski definition) is 2. The number of benzene rings is 1. The molecular weight excluding hydrogens is 244 g/mol. The Bertz CT molecular complexity index is 505. The number of carboxylic acid groups (broad SMARTS) is 1. The van der Waals surface area contributed by atoms with E-state index in [4.69, 9.17) is 10.8 Å². The molecule has 19 heavy (non-hydrogen) atoms. The maximum absolute atomic E-state index is 12.3. The number of nitrogens with two attached hydrogens (primary N) is 1. The highest BCUT2D eigenvalue weighted by Gasteiger charge is 2.27. The van der Waals surface area contributed by atoms with Crippen LogP contribution < -0.4 is 5.73 Å². The predicted molar refractivity (Wildman–Crippen MR) is 71.9 cm³/mol. The molecular formula is C14H18N2O3. The number of aryl methyl sites for hydroxylation is 1. The number of aliphatic carboxylic acids is 1. The number of anilines is 1. The van der Waals surface area contributed by atoms with Gasteiger partial charge >= 0.3 is 5.97 Å². The fourth-order valence-electron chi connectivity index (χ4n) is 2.29. The molecule has 0 unspecified atom stereocenters. The van der Waals surface area contributed by atoms with E-state index in [0.717, 1.165) is 5.56 Å². The van der Waals surface area contributed by atoms with Crippen molar-refractivity contribution in [2.45, 2.75) is 19.8 Å². The van der Waals surface area contributed by atoms with Crippen LogP contribution in [0.4, 0.5) is 5.69 Å². The van der Waals surface area contributed by atoms with Gasteiger partial charge in [0.25, 0.3) is 5.91 Å². The van der Waals surface area contributed by atoms with Crippen LogP contribution in [-0.4, -0.2) is 35.0 Å². The Kier molecular flexibility index (Phi) is 3.74. The Labute approximate surface area is 112 Å². The van der Waals surface area contributed by atoms with E-state index in [1.165, 1.54) is 0 Å². The van der Waals surface area contributed by atoms with Gasteiger partial charge < -0.3 is 15.7 Å². The Morgan fingerprint density at radius 3 is 2.47 bits per heavy atom. The first-order valence-corrected chi connectivity index (χ1v) is 6.37. The number of carboxylic acids is 1. The number of piperidine rings is 1. The Balaban J connectivity index is 2.05. The third kappa shape index (κ3) is 2.86. The van der Waals surface area contributed by atoms with Crippen LogP contribution in [0.1, 0.15) is 28.8 Å². The molecule has 0 atom stereocenters. The zero-order valence-corrected chi connectivity index (χ0v) is 10.9. The minimum absolute atomic E-state index is 0.0736. The molecule has 0 bridgehead atoms. The molecule has 3 N–H and O–H groups in total. The van der Waals surface area contributed by atoms with Crippen LogP contribution in [0.2, 0.25) is 0 Å². The highest BCUT2D eigenvalue weighted by atomic mass is 16.4. The lowest BCUT2D eigenvalue weighted by atomic mass is 9.96. The van der Waals surface area contributed by atoms with E-state index in [1.807, 2.05) is 13.0 Å². The van der Waals surface area contributed by atoms with Crippen molar-refractivity contribution in [1.82, 2.24) is 4.90 Å². The molecule has 1 saturated heterocycles. The van der Waals surface area contributed by atoms with Crippen molar-refractivity contribution in [2.75, 3.05) is 18.8 Å². The number of rotatable bonds is 2. The molecule has 5 nitrogen and oxygen atoms in total. The molecule has 0 aromatic heterocycles. The summed E-state index contributed by atoms with van der Waals surface area (Å²) < 4.78 is 0. The topological polar surface area (TPSA) is 83.6 Å². The molecule has 0 saturated carbocycles. The van der Waals surface area contributed by atoms with E-state index in [2.05, 4.69) is 0 Å². The van der Waals surface area contributed by atoms with Crippen molar-refractivity contribution in [3.05, 3.63) is 29.3 Å². The Hall–Kier alpha value is -2.04. The maximum Gasteiger partial charge on any atom is 0.306 e. The summed E-state index contributed by atoms with van der Waals surface area (Å²) in [6, 6.07) is 5.27. The summed E-state index contributed by atoms with van der Waals surface area (Å²) in [5.41, 5.74) is 7.92. The van der Waals surface area contributed by atoms with Crippen molar-refractivity contribution < 1.29 is 14.7 Å². The van der Waals surface area contributed by atoms with Gasteiger partial charge in [-0.1, -0.05) is 6.07 Å². The largest absolute Gasteiger partial charge is 0.481 e. The van der Waals surface area contributed by atoms with Gasteiger partial charge in [0.1, 0.15) is 0 Å². The monoisotopic (exact) mass is 262 g/mol. The predicted octanol–water partition coefficient (Wildman–Crippen LogP) is 1.51. The van der Waals surface area contributed by atoms with Gasteiger partial charge in [0.05, 0.1) is 5.92 Å². The van der Waals surface area contributed by atoms with Gasteiger partial charge in [0, 0.05) is 24.3 Å². The van der Waals surface area contributed by atoms with Gasteiger partial charge in [0.15, 0.2) is 0 Å². The van der Waals surface area contributed by atoms with Gasteiger partial charge in [-0.25, -0.2) is 0 Å². The van der Waals surface area contributed by atoms with Crippen LogP contribution in [0, 0.1) is 12.8 Å². The summed E-state index contributed by atoms with van der Waals surface area (Å²) in [6.45, 7) is 2.87. The lowest BCUT2D eigenvalue weighted by Gasteiger charge is -2.30. The molecule has 0 radical (unpaired) electrons. The summed E-state index contributed by atoms with van der Waals surface area (Å²) in [4.78, 5) is 24.8. The van der Waals surface area contributed by atoms with Crippen LogP contribution in [0.25, 0.3) is 0 Å². The van der Waals surface area contributed by atoms with Crippen LogP contribution in [0.5, 0.6) is 0 Å². The van der Waals surface area contributed by atoms with Gasteiger partial charge in [-0.3, -0.25) is 9.59 Å². The minimum atomic E-state index is -0.772. The number of hydrogen-bond acceptors (Lipinski definition) is 3. The summed E-state index contributed by atoms with van der Waals surface area (Å²) in [7, 11) is 0. The third-order valence-corrected chi connectivity index (χ3v) is 3.66. The molecule has 1 aromatic rings. The molecule has 1 aliphatic heterocycles. The fraction of sp³-hybridized carbons (Fsp3) is 0.429.